The topological polar surface area (TPSA) is 51.7 Å². The molecule has 0 fully saturated rings. The highest BCUT2D eigenvalue weighted by atomic mass is 16.6. The van der Waals surface area contributed by atoms with E-state index in [1.807, 2.05) is 42.5 Å². The summed E-state index contributed by atoms with van der Waals surface area (Å²) in [6.45, 7) is 1.01. The van der Waals surface area contributed by atoms with Crippen LogP contribution in [0.5, 0.6) is 5.75 Å². The highest BCUT2D eigenvalue weighted by Gasteiger charge is 2.09. The van der Waals surface area contributed by atoms with Crippen LogP contribution in [0, 0.1) is 0 Å². The lowest BCUT2D eigenvalue weighted by molar-refractivity contribution is 0.110. The Kier molecular flexibility index (Phi) is 7.08. The molecular formula is C19H24N2O3. The van der Waals surface area contributed by atoms with Gasteiger partial charge >= 0.3 is 6.09 Å². The minimum absolute atomic E-state index is 0.291. The minimum Gasteiger partial charge on any atom is -0.497 e. The molecule has 0 N–H and O–H groups in total. The predicted octanol–water partition coefficient (Wildman–Crippen LogP) is 3.33. The van der Waals surface area contributed by atoms with Crippen LogP contribution in [0.2, 0.25) is 0 Å². The number of nitrogens with zero attached hydrogens (tertiary/aromatic N) is 2. The lowest BCUT2D eigenvalue weighted by atomic mass is 10.1. The van der Waals surface area contributed by atoms with Gasteiger partial charge in [0.2, 0.25) is 0 Å². The van der Waals surface area contributed by atoms with Crippen LogP contribution in [-0.2, 0) is 17.6 Å². The van der Waals surface area contributed by atoms with Crippen LogP contribution in [0.4, 0.5) is 4.79 Å². The Morgan fingerprint density at radius 2 is 1.92 bits per heavy atom. The predicted molar refractivity (Wildman–Crippen MR) is 93.2 cm³/mol. The Labute approximate surface area is 143 Å². The Morgan fingerprint density at radius 1 is 1.12 bits per heavy atom. The summed E-state index contributed by atoms with van der Waals surface area (Å²) in [7, 11) is 3.40. The van der Waals surface area contributed by atoms with E-state index in [9.17, 15) is 4.79 Å². The average molecular weight is 328 g/mol. The van der Waals surface area contributed by atoms with E-state index in [1.54, 1.807) is 25.3 Å². The first-order valence-corrected chi connectivity index (χ1v) is 8.10. The first-order chi connectivity index (χ1) is 11.7. The van der Waals surface area contributed by atoms with Gasteiger partial charge in [0.25, 0.3) is 0 Å². The van der Waals surface area contributed by atoms with Crippen LogP contribution >= 0.6 is 0 Å². The highest BCUT2D eigenvalue weighted by Crippen LogP contribution is 2.12. The van der Waals surface area contributed by atoms with E-state index >= 15 is 0 Å². The Morgan fingerprint density at radius 3 is 2.58 bits per heavy atom. The molecule has 0 aliphatic rings. The number of carbonyl (C=O) groups excluding carboxylic acids is 1. The van der Waals surface area contributed by atoms with Gasteiger partial charge < -0.3 is 14.4 Å². The van der Waals surface area contributed by atoms with Gasteiger partial charge in [-0.2, -0.15) is 0 Å². The zero-order valence-electron chi connectivity index (χ0n) is 14.3. The third kappa shape index (κ3) is 5.91. The summed E-state index contributed by atoms with van der Waals surface area (Å²) >= 11 is 0. The second-order valence-electron chi connectivity index (χ2n) is 5.56. The molecule has 0 radical (unpaired) electrons. The molecule has 128 valence electrons. The molecule has 1 heterocycles. The van der Waals surface area contributed by atoms with Crippen molar-refractivity contribution in [1.82, 2.24) is 9.88 Å². The van der Waals surface area contributed by atoms with Crippen molar-refractivity contribution in [2.45, 2.75) is 19.3 Å². The lowest BCUT2D eigenvalue weighted by Gasteiger charge is -2.16. The van der Waals surface area contributed by atoms with Gasteiger partial charge in [-0.05, 0) is 42.7 Å². The molecule has 5 nitrogen and oxygen atoms in total. The molecule has 2 aromatic rings. The van der Waals surface area contributed by atoms with E-state index in [0.717, 1.165) is 30.7 Å². The summed E-state index contributed by atoms with van der Waals surface area (Å²) in [6.07, 6.45) is 3.85. The minimum atomic E-state index is -0.291. The molecule has 0 saturated carbocycles. The fraction of sp³-hybridized carbons (Fsp3) is 0.368. The number of ether oxygens (including phenoxy) is 2. The van der Waals surface area contributed by atoms with Gasteiger partial charge in [-0.25, -0.2) is 4.79 Å². The number of methoxy groups -OCH3 is 1. The molecule has 5 heteroatoms. The number of hydrogen-bond donors (Lipinski definition) is 0. The van der Waals surface area contributed by atoms with Crippen LogP contribution in [0.3, 0.4) is 0 Å². The van der Waals surface area contributed by atoms with E-state index in [0.29, 0.717) is 13.2 Å². The van der Waals surface area contributed by atoms with Gasteiger partial charge in [0.05, 0.1) is 13.7 Å². The standard InChI is InChI=1S/C19H24N2O3/c1-21(14-12-17-7-3-4-13-20-17)19(22)24-15-5-6-16-8-10-18(23-2)11-9-16/h3-4,7-11,13H,5-6,12,14-15H2,1-2H3. The largest absolute Gasteiger partial charge is 0.497 e. The number of pyridine rings is 1. The normalized spacial score (nSPS) is 10.2. The summed E-state index contributed by atoms with van der Waals surface area (Å²) in [5.41, 5.74) is 2.17. The van der Waals surface area contributed by atoms with Gasteiger partial charge in [-0.15, -0.1) is 0 Å². The van der Waals surface area contributed by atoms with E-state index in [4.69, 9.17) is 9.47 Å². The van der Waals surface area contributed by atoms with Crippen molar-refractivity contribution in [2.75, 3.05) is 27.3 Å². The summed E-state index contributed by atoms with van der Waals surface area (Å²) in [6, 6.07) is 13.7. The number of likely N-dealkylation sites (N-methyl/N-ethyl adjacent to an activating group) is 1. The molecule has 24 heavy (non-hydrogen) atoms. The number of aromatic nitrogens is 1. The van der Waals surface area contributed by atoms with E-state index in [2.05, 4.69) is 4.98 Å². The Bertz CT molecular complexity index is 614. The lowest BCUT2D eigenvalue weighted by Crippen LogP contribution is -2.30. The molecule has 0 atom stereocenters. The molecule has 0 bridgehead atoms. The molecule has 1 aromatic carbocycles. The SMILES string of the molecule is COc1ccc(CCCOC(=O)N(C)CCc2ccccn2)cc1. The van der Waals surface area contributed by atoms with Crippen molar-refractivity contribution in [2.24, 2.45) is 0 Å². The first kappa shape index (κ1) is 17.8. The van der Waals surface area contributed by atoms with Gasteiger partial charge in [-0.1, -0.05) is 18.2 Å². The molecular weight excluding hydrogens is 304 g/mol. The van der Waals surface area contributed by atoms with Crippen molar-refractivity contribution in [3.63, 3.8) is 0 Å². The number of benzene rings is 1. The van der Waals surface area contributed by atoms with Gasteiger partial charge in [0.1, 0.15) is 5.75 Å². The van der Waals surface area contributed by atoms with Crippen LogP contribution < -0.4 is 4.74 Å². The van der Waals surface area contributed by atoms with Crippen LogP contribution in [0.1, 0.15) is 17.7 Å². The van der Waals surface area contributed by atoms with Crippen LogP contribution in [-0.4, -0.2) is 43.3 Å². The third-order valence-corrected chi connectivity index (χ3v) is 3.74. The Hall–Kier alpha value is -2.56. The third-order valence-electron chi connectivity index (χ3n) is 3.74. The monoisotopic (exact) mass is 328 g/mol. The fourth-order valence-electron chi connectivity index (χ4n) is 2.26. The maximum absolute atomic E-state index is 11.9. The zero-order chi connectivity index (χ0) is 17.2. The van der Waals surface area contributed by atoms with Gasteiger partial charge in [0.15, 0.2) is 0 Å². The quantitative estimate of drug-likeness (QED) is 0.698. The van der Waals surface area contributed by atoms with Gasteiger partial charge in [-0.3, -0.25) is 4.98 Å². The highest BCUT2D eigenvalue weighted by molar-refractivity contribution is 5.67. The van der Waals surface area contributed by atoms with Crippen LogP contribution in [0.25, 0.3) is 0 Å². The molecule has 2 rings (SSSR count). The summed E-state index contributed by atoms with van der Waals surface area (Å²) < 4.78 is 10.4. The van der Waals surface area contributed by atoms with E-state index < -0.39 is 0 Å². The molecule has 1 amide bonds. The second kappa shape index (κ2) is 9.55. The molecule has 0 spiro atoms. The van der Waals surface area contributed by atoms with Crippen LogP contribution in [0.15, 0.2) is 48.7 Å². The van der Waals surface area contributed by atoms with Crippen molar-refractivity contribution >= 4 is 6.09 Å². The summed E-state index contributed by atoms with van der Waals surface area (Å²) in [4.78, 5) is 17.8. The fourth-order valence-corrected chi connectivity index (χ4v) is 2.26. The van der Waals surface area contributed by atoms with Crippen molar-refractivity contribution in [1.29, 1.82) is 0 Å². The molecule has 0 aliphatic heterocycles. The molecule has 0 unspecified atom stereocenters. The maximum atomic E-state index is 11.9. The summed E-state index contributed by atoms with van der Waals surface area (Å²) in [5, 5.41) is 0. The number of carbonyl (C=O) groups is 1. The van der Waals surface area contributed by atoms with Gasteiger partial charge in [0, 0.05) is 31.9 Å². The van der Waals surface area contributed by atoms with Crippen molar-refractivity contribution in [3.8, 4) is 5.75 Å². The molecule has 1 aromatic heterocycles. The maximum Gasteiger partial charge on any atom is 0.409 e. The molecule has 0 saturated heterocycles. The average Bonchev–Trinajstić information content (AvgIpc) is 2.64. The number of hydrogen-bond acceptors (Lipinski definition) is 4. The van der Waals surface area contributed by atoms with Crippen molar-refractivity contribution in [3.05, 3.63) is 59.9 Å². The number of rotatable bonds is 8. The smallest absolute Gasteiger partial charge is 0.409 e. The first-order valence-electron chi connectivity index (χ1n) is 8.10. The Balaban J connectivity index is 1.63. The second-order valence-corrected chi connectivity index (χ2v) is 5.56. The van der Waals surface area contributed by atoms with Crippen molar-refractivity contribution < 1.29 is 14.3 Å². The number of amides is 1. The zero-order valence-corrected chi connectivity index (χ0v) is 14.3. The summed E-state index contributed by atoms with van der Waals surface area (Å²) in [5.74, 6) is 0.847. The molecule has 0 aliphatic carbocycles. The van der Waals surface area contributed by atoms with E-state index in [1.165, 1.54) is 5.56 Å². The van der Waals surface area contributed by atoms with E-state index in [-0.39, 0.29) is 6.09 Å². The number of aryl methyl sites for hydroxylation is 1.